The molecule has 154 valence electrons. The highest BCUT2D eigenvalue weighted by atomic mass is 32.1. The van der Waals surface area contributed by atoms with E-state index in [1.165, 1.54) is 41.9 Å². The fraction of sp³-hybridized carbons (Fsp3) is 0.143. The number of thiophene rings is 1. The topological polar surface area (TPSA) is 70.7 Å². The first-order chi connectivity index (χ1) is 14.2. The summed E-state index contributed by atoms with van der Waals surface area (Å²) in [6.07, 6.45) is -3.34. The first-order valence-corrected chi connectivity index (χ1v) is 9.64. The molecule has 0 saturated heterocycles. The molecular weight excluding hydrogens is 419 g/mol. The van der Waals surface area contributed by atoms with Gasteiger partial charge < -0.3 is 9.52 Å². The van der Waals surface area contributed by atoms with Gasteiger partial charge in [0.15, 0.2) is 11.5 Å². The van der Waals surface area contributed by atoms with Gasteiger partial charge in [-0.15, -0.1) is 11.3 Å². The van der Waals surface area contributed by atoms with E-state index in [9.17, 15) is 27.9 Å². The van der Waals surface area contributed by atoms with Crippen LogP contribution in [0, 0.1) is 6.92 Å². The molecule has 0 fully saturated rings. The summed E-state index contributed by atoms with van der Waals surface area (Å²) in [4.78, 5) is 27.5. The third-order valence-corrected chi connectivity index (χ3v) is 5.87. The van der Waals surface area contributed by atoms with Crippen molar-refractivity contribution < 1.29 is 32.3 Å². The molecule has 2 aromatic heterocycles. The number of aryl methyl sites for hydroxylation is 1. The number of anilines is 1. The van der Waals surface area contributed by atoms with Gasteiger partial charge in [-0.25, -0.2) is 0 Å². The molecule has 1 amide bonds. The number of nitrogens with zero attached hydrogens (tertiary/aromatic N) is 1. The maximum atomic E-state index is 13.2. The molecule has 0 bridgehead atoms. The molecule has 30 heavy (non-hydrogen) atoms. The van der Waals surface area contributed by atoms with Crippen LogP contribution in [0.15, 0.2) is 69.9 Å². The van der Waals surface area contributed by atoms with E-state index >= 15 is 0 Å². The summed E-state index contributed by atoms with van der Waals surface area (Å²) in [5, 5.41) is 12.3. The predicted molar refractivity (Wildman–Crippen MR) is 103 cm³/mol. The molecule has 1 aromatic carbocycles. The van der Waals surface area contributed by atoms with Crippen LogP contribution in [0.4, 0.5) is 18.9 Å². The Kier molecular flexibility index (Phi) is 4.77. The zero-order valence-electron chi connectivity index (χ0n) is 15.4. The third-order valence-electron chi connectivity index (χ3n) is 4.80. The number of carbonyl (C=O) groups excluding carboxylic acids is 2. The van der Waals surface area contributed by atoms with Gasteiger partial charge >= 0.3 is 6.18 Å². The Morgan fingerprint density at radius 3 is 2.57 bits per heavy atom. The number of hydrogen-bond donors (Lipinski definition) is 1. The molecule has 1 N–H and O–H groups in total. The van der Waals surface area contributed by atoms with E-state index in [0.29, 0.717) is 4.88 Å². The van der Waals surface area contributed by atoms with Gasteiger partial charge in [0, 0.05) is 10.6 Å². The van der Waals surface area contributed by atoms with Crippen LogP contribution in [0.1, 0.15) is 32.6 Å². The minimum absolute atomic E-state index is 0.0820. The summed E-state index contributed by atoms with van der Waals surface area (Å²) in [6, 6.07) is 7.76. The fourth-order valence-corrected chi connectivity index (χ4v) is 4.41. The number of Topliss-reactive ketones (excluding diaryl/α,β-unsaturated/α-hetero) is 1. The van der Waals surface area contributed by atoms with Gasteiger partial charge in [-0.2, -0.15) is 13.2 Å². The van der Waals surface area contributed by atoms with Crippen molar-refractivity contribution in [2.24, 2.45) is 0 Å². The van der Waals surface area contributed by atoms with Crippen LogP contribution in [0.5, 0.6) is 0 Å². The number of hydrogen-bond acceptors (Lipinski definition) is 5. The first kappa shape index (κ1) is 20.0. The van der Waals surface area contributed by atoms with Gasteiger partial charge in [0.05, 0.1) is 17.4 Å². The van der Waals surface area contributed by atoms with Gasteiger partial charge in [-0.05, 0) is 54.3 Å². The molecule has 0 aliphatic carbocycles. The van der Waals surface area contributed by atoms with Gasteiger partial charge in [-0.3, -0.25) is 14.5 Å². The highest BCUT2D eigenvalue weighted by Gasteiger charge is 2.46. The van der Waals surface area contributed by atoms with Crippen molar-refractivity contribution >= 4 is 28.7 Å². The average Bonchev–Trinajstić information content (AvgIpc) is 3.42. The summed E-state index contributed by atoms with van der Waals surface area (Å²) in [7, 11) is 0. The van der Waals surface area contributed by atoms with E-state index in [1.807, 2.05) is 0 Å². The lowest BCUT2D eigenvalue weighted by atomic mass is 9.98. The summed E-state index contributed by atoms with van der Waals surface area (Å²) < 4.78 is 44.8. The Labute approximate surface area is 172 Å². The van der Waals surface area contributed by atoms with Gasteiger partial charge in [0.1, 0.15) is 6.04 Å². The average molecular weight is 433 g/mol. The SMILES string of the molecule is Cc1ccsc1C1C(C(=O)c2ccco2)=C(O)C(=O)N1c1cccc(C(F)(F)F)c1. The van der Waals surface area contributed by atoms with Crippen molar-refractivity contribution in [1.82, 2.24) is 0 Å². The third kappa shape index (κ3) is 3.21. The minimum atomic E-state index is -4.62. The molecular formula is C21H14F3NO4S. The molecule has 1 unspecified atom stereocenters. The van der Waals surface area contributed by atoms with E-state index < -0.39 is 35.2 Å². The molecule has 0 radical (unpaired) electrons. The molecule has 4 rings (SSSR count). The maximum Gasteiger partial charge on any atom is 0.416 e. The Morgan fingerprint density at radius 1 is 1.20 bits per heavy atom. The lowest BCUT2D eigenvalue weighted by Gasteiger charge is -2.27. The molecule has 3 heterocycles. The summed E-state index contributed by atoms with van der Waals surface area (Å²) in [6.45, 7) is 1.75. The minimum Gasteiger partial charge on any atom is -0.503 e. The summed E-state index contributed by atoms with van der Waals surface area (Å²) in [5.74, 6) is -2.57. The lowest BCUT2D eigenvalue weighted by molar-refractivity contribution is -0.137. The monoisotopic (exact) mass is 433 g/mol. The molecule has 5 nitrogen and oxygen atoms in total. The van der Waals surface area contributed by atoms with Crippen LogP contribution in [0.25, 0.3) is 0 Å². The Balaban J connectivity index is 1.89. The van der Waals surface area contributed by atoms with E-state index in [2.05, 4.69) is 0 Å². The quantitative estimate of drug-likeness (QED) is 0.556. The maximum absolute atomic E-state index is 13.2. The number of amides is 1. The van der Waals surface area contributed by atoms with Crippen molar-refractivity contribution in [2.75, 3.05) is 4.90 Å². The van der Waals surface area contributed by atoms with Crippen LogP contribution in [0.2, 0.25) is 0 Å². The molecule has 9 heteroatoms. The summed E-state index contributed by atoms with van der Waals surface area (Å²) in [5.41, 5.74) is -0.534. The van der Waals surface area contributed by atoms with Crippen LogP contribution in [-0.4, -0.2) is 16.8 Å². The molecule has 1 atom stereocenters. The van der Waals surface area contributed by atoms with E-state index in [-0.39, 0.29) is 17.0 Å². The largest absolute Gasteiger partial charge is 0.503 e. The van der Waals surface area contributed by atoms with Gasteiger partial charge in [0.2, 0.25) is 5.78 Å². The second kappa shape index (κ2) is 7.17. The molecule has 0 saturated carbocycles. The molecule has 0 spiro atoms. The Morgan fingerprint density at radius 2 is 1.97 bits per heavy atom. The lowest BCUT2D eigenvalue weighted by Crippen LogP contribution is -2.31. The van der Waals surface area contributed by atoms with E-state index in [1.54, 1.807) is 18.4 Å². The number of aliphatic hydroxyl groups is 1. The number of benzene rings is 1. The standard InChI is InChI=1S/C21H14F3NO4S/c1-11-7-9-30-19(11)16-15(17(26)14-6-3-8-29-14)18(27)20(28)25(16)13-5-2-4-12(10-13)21(22,23)24/h2-10,16,27H,1H3. The Hall–Kier alpha value is -3.33. The zero-order valence-corrected chi connectivity index (χ0v) is 16.3. The number of rotatable bonds is 4. The van der Waals surface area contributed by atoms with Crippen molar-refractivity contribution in [1.29, 1.82) is 0 Å². The number of ketones is 1. The fourth-order valence-electron chi connectivity index (χ4n) is 3.39. The second-order valence-corrected chi connectivity index (χ2v) is 7.61. The summed E-state index contributed by atoms with van der Waals surface area (Å²) >= 11 is 1.23. The molecule has 1 aliphatic heterocycles. The first-order valence-electron chi connectivity index (χ1n) is 8.76. The highest BCUT2D eigenvalue weighted by molar-refractivity contribution is 7.10. The normalized spacial score (nSPS) is 17.1. The van der Waals surface area contributed by atoms with Crippen LogP contribution >= 0.6 is 11.3 Å². The molecule has 3 aromatic rings. The number of furan rings is 1. The highest BCUT2D eigenvalue weighted by Crippen LogP contribution is 2.45. The number of alkyl halides is 3. The Bertz CT molecular complexity index is 1160. The van der Waals surface area contributed by atoms with Gasteiger partial charge in [0.25, 0.3) is 5.91 Å². The van der Waals surface area contributed by atoms with Crippen LogP contribution < -0.4 is 4.90 Å². The predicted octanol–water partition coefficient (Wildman–Crippen LogP) is 5.45. The van der Waals surface area contributed by atoms with Crippen molar-refractivity contribution in [3.05, 3.63) is 87.2 Å². The smallest absolute Gasteiger partial charge is 0.416 e. The van der Waals surface area contributed by atoms with Crippen molar-refractivity contribution in [3.8, 4) is 0 Å². The van der Waals surface area contributed by atoms with E-state index in [0.717, 1.165) is 22.6 Å². The van der Waals surface area contributed by atoms with Crippen molar-refractivity contribution in [2.45, 2.75) is 19.1 Å². The zero-order chi connectivity index (χ0) is 21.6. The van der Waals surface area contributed by atoms with Gasteiger partial charge in [-0.1, -0.05) is 6.07 Å². The molecule has 1 aliphatic rings. The van der Waals surface area contributed by atoms with Crippen LogP contribution in [-0.2, 0) is 11.0 Å². The van der Waals surface area contributed by atoms with Crippen molar-refractivity contribution in [3.63, 3.8) is 0 Å². The van der Waals surface area contributed by atoms with E-state index in [4.69, 9.17) is 4.42 Å². The number of halogens is 3. The number of aliphatic hydroxyl groups excluding tert-OH is 1. The second-order valence-electron chi connectivity index (χ2n) is 6.66. The van der Waals surface area contributed by atoms with Crippen LogP contribution in [0.3, 0.4) is 0 Å². The number of carbonyl (C=O) groups is 2.